The second-order valence-electron chi connectivity index (χ2n) is 2.93. The van der Waals surface area contributed by atoms with Gasteiger partial charge in [0.15, 0.2) is 0 Å². The molecule has 0 bridgehead atoms. The van der Waals surface area contributed by atoms with Crippen molar-refractivity contribution in [1.82, 2.24) is 10.2 Å². The summed E-state index contributed by atoms with van der Waals surface area (Å²) >= 11 is 0. The lowest BCUT2D eigenvalue weighted by Gasteiger charge is -2.13. The highest BCUT2D eigenvalue weighted by atomic mass is 16.1. The van der Waals surface area contributed by atoms with Crippen LogP contribution in [0.3, 0.4) is 0 Å². The topological polar surface area (TPSA) is 32.3 Å². The van der Waals surface area contributed by atoms with E-state index in [2.05, 4.69) is 10.2 Å². The van der Waals surface area contributed by atoms with Crippen LogP contribution in [0.1, 0.15) is 19.3 Å². The highest BCUT2D eigenvalue weighted by molar-refractivity contribution is 5.46. The first-order chi connectivity index (χ1) is 5.43. The molecule has 1 aliphatic heterocycles. The van der Waals surface area contributed by atoms with Crippen LogP contribution in [0.2, 0.25) is 0 Å². The fourth-order valence-corrected chi connectivity index (χ4v) is 1.45. The zero-order valence-corrected chi connectivity index (χ0v) is 6.81. The Morgan fingerprint density at radius 3 is 2.73 bits per heavy atom. The molecule has 1 amide bonds. The summed E-state index contributed by atoms with van der Waals surface area (Å²) in [6, 6.07) is 0. The summed E-state index contributed by atoms with van der Waals surface area (Å²) in [5, 5.41) is 2.54. The van der Waals surface area contributed by atoms with Crippen molar-refractivity contribution in [2.24, 2.45) is 0 Å². The number of carbonyl (C=O) groups excluding carboxylic acids is 1. The standard InChI is InChI=1S/C8H15N2O/c11-8-9-4-3-7-10-5-1-2-6-10/h1-7H2,(H,9,11). The van der Waals surface area contributed by atoms with E-state index in [9.17, 15) is 4.79 Å². The lowest BCUT2D eigenvalue weighted by atomic mass is 10.4. The molecular formula is C8H15N2O. The summed E-state index contributed by atoms with van der Waals surface area (Å²) in [6.07, 6.45) is 5.41. The maximum atomic E-state index is 9.75. The first kappa shape index (κ1) is 8.53. The minimum Gasteiger partial charge on any atom is -0.348 e. The van der Waals surface area contributed by atoms with Gasteiger partial charge in [-0.25, -0.2) is 0 Å². The molecule has 0 unspecified atom stereocenters. The minimum absolute atomic E-state index is 0.764. The molecular weight excluding hydrogens is 140 g/mol. The number of likely N-dealkylation sites (tertiary alicyclic amines) is 1. The third-order valence-corrected chi connectivity index (χ3v) is 2.05. The fraction of sp³-hybridized carbons (Fsp3) is 0.875. The van der Waals surface area contributed by atoms with E-state index in [4.69, 9.17) is 0 Å². The van der Waals surface area contributed by atoms with Gasteiger partial charge in [0.25, 0.3) is 0 Å². The Morgan fingerprint density at radius 1 is 1.36 bits per heavy atom. The third kappa shape index (κ3) is 3.37. The predicted molar refractivity (Wildman–Crippen MR) is 44.0 cm³/mol. The lowest BCUT2D eigenvalue weighted by Crippen LogP contribution is -2.24. The van der Waals surface area contributed by atoms with Gasteiger partial charge in [-0.1, -0.05) is 0 Å². The van der Waals surface area contributed by atoms with Crippen LogP contribution in [-0.4, -0.2) is 37.5 Å². The van der Waals surface area contributed by atoms with Crippen molar-refractivity contribution in [3.63, 3.8) is 0 Å². The van der Waals surface area contributed by atoms with Crippen molar-refractivity contribution >= 4 is 6.41 Å². The molecule has 0 spiro atoms. The summed E-state index contributed by atoms with van der Waals surface area (Å²) in [6.45, 7) is 4.37. The molecule has 63 valence electrons. The molecule has 0 atom stereocenters. The number of hydrogen-bond donors (Lipinski definition) is 1. The van der Waals surface area contributed by atoms with Gasteiger partial charge >= 0.3 is 6.41 Å². The Bertz CT molecular complexity index is 111. The number of nitrogens with one attached hydrogen (secondary N) is 1. The molecule has 1 rings (SSSR count). The molecule has 0 aromatic heterocycles. The van der Waals surface area contributed by atoms with E-state index in [0.29, 0.717) is 0 Å². The molecule has 3 nitrogen and oxygen atoms in total. The lowest BCUT2D eigenvalue weighted by molar-refractivity contribution is 0.333. The van der Waals surface area contributed by atoms with Crippen LogP contribution in [0.4, 0.5) is 0 Å². The van der Waals surface area contributed by atoms with Crippen molar-refractivity contribution < 1.29 is 4.79 Å². The molecule has 11 heavy (non-hydrogen) atoms. The van der Waals surface area contributed by atoms with E-state index >= 15 is 0 Å². The molecule has 1 heterocycles. The fourth-order valence-electron chi connectivity index (χ4n) is 1.45. The van der Waals surface area contributed by atoms with Crippen molar-refractivity contribution in [2.75, 3.05) is 26.2 Å². The normalized spacial score (nSPS) is 18.5. The quantitative estimate of drug-likeness (QED) is 0.452. The number of nitrogens with zero attached hydrogens (tertiary/aromatic N) is 1. The average Bonchev–Trinajstić information content (AvgIpc) is 2.50. The SMILES string of the molecule is O=[C]NCCCN1CCCC1. The molecule has 1 aliphatic rings. The largest absolute Gasteiger partial charge is 0.348 e. The van der Waals surface area contributed by atoms with Crippen molar-refractivity contribution in [1.29, 1.82) is 0 Å². The predicted octanol–water partition coefficient (Wildman–Crippen LogP) is 0.129. The molecule has 0 aromatic carbocycles. The van der Waals surface area contributed by atoms with Crippen molar-refractivity contribution in [3.05, 3.63) is 0 Å². The molecule has 0 aromatic rings. The first-order valence-corrected chi connectivity index (χ1v) is 4.26. The molecule has 1 radical (unpaired) electrons. The third-order valence-electron chi connectivity index (χ3n) is 2.05. The Morgan fingerprint density at radius 2 is 2.09 bits per heavy atom. The highest BCUT2D eigenvalue weighted by Crippen LogP contribution is 2.06. The molecule has 1 N–H and O–H groups in total. The van der Waals surface area contributed by atoms with Gasteiger partial charge in [0, 0.05) is 6.54 Å². The summed E-state index contributed by atoms with van der Waals surface area (Å²) in [4.78, 5) is 12.2. The van der Waals surface area contributed by atoms with Gasteiger partial charge in [0.2, 0.25) is 0 Å². The van der Waals surface area contributed by atoms with Gasteiger partial charge in [0.1, 0.15) is 0 Å². The van der Waals surface area contributed by atoms with Crippen LogP contribution >= 0.6 is 0 Å². The average molecular weight is 155 g/mol. The summed E-state index contributed by atoms with van der Waals surface area (Å²) < 4.78 is 0. The smallest absolute Gasteiger partial charge is 0.309 e. The molecule has 3 heteroatoms. The van der Waals surface area contributed by atoms with Gasteiger partial charge in [0.05, 0.1) is 0 Å². The van der Waals surface area contributed by atoms with E-state index in [1.54, 1.807) is 6.41 Å². The van der Waals surface area contributed by atoms with Crippen LogP contribution in [0.25, 0.3) is 0 Å². The second kappa shape index (κ2) is 5.13. The van der Waals surface area contributed by atoms with Gasteiger partial charge in [-0.2, -0.15) is 0 Å². The van der Waals surface area contributed by atoms with Crippen LogP contribution in [0.5, 0.6) is 0 Å². The van der Waals surface area contributed by atoms with Crippen molar-refractivity contribution in [3.8, 4) is 0 Å². The van der Waals surface area contributed by atoms with Crippen LogP contribution in [-0.2, 0) is 4.79 Å². The van der Waals surface area contributed by atoms with E-state index in [-0.39, 0.29) is 0 Å². The van der Waals surface area contributed by atoms with Crippen LogP contribution in [0.15, 0.2) is 0 Å². The molecule has 0 saturated carbocycles. The first-order valence-electron chi connectivity index (χ1n) is 4.26. The Labute approximate surface area is 67.8 Å². The second-order valence-corrected chi connectivity index (χ2v) is 2.93. The zero-order chi connectivity index (χ0) is 7.94. The zero-order valence-electron chi connectivity index (χ0n) is 6.81. The van der Waals surface area contributed by atoms with E-state index in [0.717, 1.165) is 19.5 Å². The number of amides is 1. The Balaban J connectivity index is 1.89. The van der Waals surface area contributed by atoms with Crippen LogP contribution < -0.4 is 5.32 Å². The molecule has 0 aliphatic carbocycles. The van der Waals surface area contributed by atoms with Crippen LogP contribution in [0, 0.1) is 0 Å². The molecule has 1 saturated heterocycles. The monoisotopic (exact) mass is 155 g/mol. The molecule has 1 fully saturated rings. The van der Waals surface area contributed by atoms with Crippen molar-refractivity contribution in [2.45, 2.75) is 19.3 Å². The number of hydrogen-bond acceptors (Lipinski definition) is 2. The van der Waals surface area contributed by atoms with E-state index in [1.165, 1.54) is 25.9 Å². The van der Waals surface area contributed by atoms with Gasteiger partial charge < -0.3 is 10.2 Å². The summed E-state index contributed by atoms with van der Waals surface area (Å²) in [5.41, 5.74) is 0. The Kier molecular flexibility index (Phi) is 3.98. The number of rotatable bonds is 5. The van der Waals surface area contributed by atoms with Gasteiger partial charge in [-0.05, 0) is 38.9 Å². The van der Waals surface area contributed by atoms with E-state index in [1.807, 2.05) is 0 Å². The van der Waals surface area contributed by atoms with E-state index < -0.39 is 0 Å². The van der Waals surface area contributed by atoms with Gasteiger partial charge in [-0.3, -0.25) is 4.79 Å². The van der Waals surface area contributed by atoms with Gasteiger partial charge in [-0.15, -0.1) is 0 Å². The minimum atomic E-state index is 0.764. The maximum Gasteiger partial charge on any atom is 0.309 e. The summed E-state index contributed by atoms with van der Waals surface area (Å²) in [5.74, 6) is 0. The summed E-state index contributed by atoms with van der Waals surface area (Å²) in [7, 11) is 0. The maximum absolute atomic E-state index is 9.75. The highest BCUT2D eigenvalue weighted by Gasteiger charge is 2.09. The Hall–Kier alpha value is -0.570.